The number of carboxylic acids is 1. The third-order valence-electron chi connectivity index (χ3n) is 4.02. The van der Waals surface area contributed by atoms with E-state index in [-0.39, 0.29) is 5.69 Å². The first-order chi connectivity index (χ1) is 9.98. The van der Waals surface area contributed by atoms with Crippen molar-refractivity contribution in [1.29, 1.82) is 0 Å². The van der Waals surface area contributed by atoms with Crippen molar-refractivity contribution < 1.29 is 14.8 Å². The van der Waals surface area contributed by atoms with E-state index >= 15 is 0 Å². The molecular weight excluding hydrogens is 274 g/mol. The van der Waals surface area contributed by atoms with E-state index in [0.29, 0.717) is 31.7 Å². The van der Waals surface area contributed by atoms with Crippen molar-refractivity contribution in [3.8, 4) is 0 Å². The smallest absolute Gasteiger partial charge is 0.311 e. The summed E-state index contributed by atoms with van der Waals surface area (Å²) in [4.78, 5) is 28.0. The Hall–Kier alpha value is -2.18. The standard InChI is InChI=1S/C14H19N3O4/c1-2-5-14(13(18)19)6-3-8-16(10-14)12-9-11(17(20)21)4-7-15-12/h4,7,9H,2-3,5-6,8,10H2,1H3,(H,18,19). The van der Waals surface area contributed by atoms with Gasteiger partial charge >= 0.3 is 5.97 Å². The number of piperidine rings is 1. The Bertz CT molecular complexity index is 545. The van der Waals surface area contributed by atoms with E-state index in [1.54, 1.807) is 0 Å². The highest BCUT2D eigenvalue weighted by molar-refractivity contribution is 5.76. The number of pyridine rings is 1. The van der Waals surface area contributed by atoms with Gasteiger partial charge in [-0.05, 0) is 19.3 Å². The van der Waals surface area contributed by atoms with E-state index in [4.69, 9.17) is 0 Å². The van der Waals surface area contributed by atoms with Crippen molar-refractivity contribution in [1.82, 2.24) is 4.98 Å². The highest BCUT2D eigenvalue weighted by Crippen LogP contribution is 2.36. The van der Waals surface area contributed by atoms with Gasteiger partial charge in [0.05, 0.1) is 16.4 Å². The highest BCUT2D eigenvalue weighted by atomic mass is 16.6. The summed E-state index contributed by atoms with van der Waals surface area (Å²) in [5.41, 5.74) is -0.804. The lowest BCUT2D eigenvalue weighted by Crippen LogP contribution is -2.48. The number of rotatable bonds is 5. The van der Waals surface area contributed by atoms with E-state index in [1.807, 2.05) is 11.8 Å². The van der Waals surface area contributed by atoms with E-state index in [1.165, 1.54) is 18.3 Å². The molecule has 1 fully saturated rings. The number of carboxylic acid groups (broad SMARTS) is 1. The molecule has 0 aromatic carbocycles. The SMILES string of the molecule is CCCC1(C(=O)O)CCCN(c2cc([N+](=O)[O-])ccn2)C1. The lowest BCUT2D eigenvalue weighted by molar-refractivity contribution is -0.384. The average Bonchev–Trinajstić information content (AvgIpc) is 2.48. The number of anilines is 1. The minimum absolute atomic E-state index is 0.0259. The number of carbonyl (C=O) groups is 1. The van der Waals surface area contributed by atoms with E-state index in [2.05, 4.69) is 4.98 Å². The number of nitrogens with zero attached hydrogens (tertiary/aromatic N) is 3. The second kappa shape index (κ2) is 6.07. The Morgan fingerprint density at radius 1 is 1.62 bits per heavy atom. The molecule has 1 saturated heterocycles. The van der Waals surface area contributed by atoms with Crippen molar-refractivity contribution in [2.75, 3.05) is 18.0 Å². The van der Waals surface area contributed by atoms with Crippen molar-refractivity contribution in [2.24, 2.45) is 5.41 Å². The Balaban J connectivity index is 2.26. The Kier molecular flexibility index (Phi) is 4.40. The predicted octanol–water partition coefficient (Wildman–Crippen LogP) is 2.46. The van der Waals surface area contributed by atoms with E-state index < -0.39 is 16.3 Å². The van der Waals surface area contributed by atoms with Crippen molar-refractivity contribution in [2.45, 2.75) is 32.6 Å². The first-order valence-corrected chi connectivity index (χ1v) is 7.07. The molecule has 2 rings (SSSR count). The molecule has 7 heteroatoms. The summed E-state index contributed by atoms with van der Waals surface area (Å²) < 4.78 is 0. The van der Waals surface area contributed by atoms with Crippen LogP contribution in [0.4, 0.5) is 11.5 Å². The molecule has 0 spiro atoms. The van der Waals surface area contributed by atoms with Gasteiger partial charge in [0.25, 0.3) is 5.69 Å². The van der Waals surface area contributed by atoms with Gasteiger partial charge in [-0.15, -0.1) is 0 Å². The monoisotopic (exact) mass is 293 g/mol. The van der Waals surface area contributed by atoms with Crippen LogP contribution in [0.5, 0.6) is 0 Å². The number of hydrogen-bond donors (Lipinski definition) is 1. The van der Waals surface area contributed by atoms with Gasteiger partial charge in [-0.25, -0.2) is 4.98 Å². The Morgan fingerprint density at radius 2 is 2.38 bits per heavy atom. The highest BCUT2D eigenvalue weighted by Gasteiger charge is 2.42. The summed E-state index contributed by atoms with van der Waals surface area (Å²) in [6.07, 6.45) is 4.18. The number of hydrogen-bond acceptors (Lipinski definition) is 5. The minimum Gasteiger partial charge on any atom is -0.481 e. The number of aliphatic carboxylic acids is 1. The summed E-state index contributed by atoms with van der Waals surface area (Å²) in [6, 6.07) is 2.74. The fraction of sp³-hybridized carbons (Fsp3) is 0.571. The molecule has 21 heavy (non-hydrogen) atoms. The molecule has 0 bridgehead atoms. The first-order valence-electron chi connectivity index (χ1n) is 7.07. The number of aromatic nitrogens is 1. The summed E-state index contributed by atoms with van der Waals surface area (Å²) in [5.74, 6) is -0.315. The summed E-state index contributed by atoms with van der Waals surface area (Å²) in [7, 11) is 0. The molecule has 1 N–H and O–H groups in total. The lowest BCUT2D eigenvalue weighted by Gasteiger charge is -2.40. The second-order valence-electron chi connectivity index (χ2n) is 5.49. The molecule has 1 aliphatic heterocycles. The average molecular weight is 293 g/mol. The molecule has 1 aliphatic rings. The van der Waals surface area contributed by atoms with Crippen LogP contribution in [0.25, 0.3) is 0 Å². The van der Waals surface area contributed by atoms with Crippen LogP contribution in [0.1, 0.15) is 32.6 Å². The van der Waals surface area contributed by atoms with Crippen molar-refractivity contribution in [3.05, 3.63) is 28.4 Å². The zero-order valence-electron chi connectivity index (χ0n) is 12.0. The minimum atomic E-state index is -0.792. The maximum atomic E-state index is 11.7. The molecule has 1 unspecified atom stereocenters. The molecule has 1 aromatic heterocycles. The first kappa shape index (κ1) is 15.2. The van der Waals surface area contributed by atoms with E-state index in [9.17, 15) is 20.0 Å². The van der Waals surface area contributed by atoms with Crippen LogP contribution in [0, 0.1) is 15.5 Å². The molecule has 7 nitrogen and oxygen atoms in total. The molecule has 0 aliphatic carbocycles. The van der Waals surface area contributed by atoms with Crippen molar-refractivity contribution >= 4 is 17.5 Å². The van der Waals surface area contributed by atoms with Crippen LogP contribution >= 0.6 is 0 Å². The summed E-state index contributed by atoms with van der Waals surface area (Å²) in [6.45, 7) is 2.99. The van der Waals surface area contributed by atoms with Crippen LogP contribution < -0.4 is 4.90 Å². The van der Waals surface area contributed by atoms with Crippen molar-refractivity contribution in [3.63, 3.8) is 0 Å². The van der Waals surface area contributed by atoms with Gasteiger partial charge in [-0.3, -0.25) is 14.9 Å². The zero-order chi connectivity index (χ0) is 15.5. The van der Waals surface area contributed by atoms with Gasteiger partial charge in [0.15, 0.2) is 0 Å². The molecule has 1 aromatic rings. The van der Waals surface area contributed by atoms with Crippen LogP contribution in [0.15, 0.2) is 18.3 Å². The second-order valence-corrected chi connectivity index (χ2v) is 5.49. The third-order valence-corrected chi connectivity index (χ3v) is 4.02. The molecule has 0 saturated carbocycles. The third kappa shape index (κ3) is 3.12. The number of nitro groups is 1. The van der Waals surface area contributed by atoms with E-state index in [0.717, 1.165) is 12.8 Å². The Labute approximate surface area is 122 Å². The van der Waals surface area contributed by atoms with Crippen LogP contribution in [-0.2, 0) is 4.79 Å². The van der Waals surface area contributed by atoms with Gasteiger partial charge in [-0.1, -0.05) is 13.3 Å². The molecule has 2 heterocycles. The zero-order valence-corrected chi connectivity index (χ0v) is 12.0. The normalized spacial score (nSPS) is 22.0. The molecule has 0 amide bonds. The van der Waals surface area contributed by atoms with Gasteiger partial charge < -0.3 is 10.0 Å². The fourth-order valence-electron chi connectivity index (χ4n) is 2.99. The molecule has 0 radical (unpaired) electrons. The maximum absolute atomic E-state index is 11.7. The quantitative estimate of drug-likeness (QED) is 0.661. The maximum Gasteiger partial charge on any atom is 0.311 e. The molecular formula is C14H19N3O4. The Morgan fingerprint density at radius 3 is 3.00 bits per heavy atom. The lowest BCUT2D eigenvalue weighted by atomic mass is 9.76. The topological polar surface area (TPSA) is 96.6 Å². The van der Waals surface area contributed by atoms with Gasteiger partial charge in [-0.2, -0.15) is 0 Å². The van der Waals surface area contributed by atoms with Crippen LogP contribution in [0.2, 0.25) is 0 Å². The summed E-state index contributed by atoms with van der Waals surface area (Å²) >= 11 is 0. The van der Waals surface area contributed by atoms with Crippen LogP contribution in [-0.4, -0.2) is 34.1 Å². The molecule has 114 valence electrons. The molecule has 1 atom stereocenters. The van der Waals surface area contributed by atoms with Gasteiger partial charge in [0.2, 0.25) is 0 Å². The summed E-state index contributed by atoms with van der Waals surface area (Å²) in [5, 5.41) is 20.4. The van der Waals surface area contributed by atoms with Gasteiger partial charge in [0.1, 0.15) is 5.82 Å². The fourth-order valence-corrected chi connectivity index (χ4v) is 2.99. The van der Waals surface area contributed by atoms with Crippen LogP contribution in [0.3, 0.4) is 0 Å². The largest absolute Gasteiger partial charge is 0.481 e. The predicted molar refractivity (Wildman–Crippen MR) is 77.3 cm³/mol. The van der Waals surface area contributed by atoms with Gasteiger partial charge in [0, 0.05) is 25.4 Å².